The second-order valence-electron chi connectivity index (χ2n) is 9.86. The van der Waals surface area contributed by atoms with E-state index < -0.39 is 11.0 Å². The summed E-state index contributed by atoms with van der Waals surface area (Å²) in [6.45, 7) is 13.5. The van der Waals surface area contributed by atoms with E-state index in [1.54, 1.807) is 0 Å². The van der Waals surface area contributed by atoms with Crippen LogP contribution in [0.1, 0.15) is 59.2 Å². The van der Waals surface area contributed by atoms with E-state index in [1.165, 1.54) is 0 Å². The molecule has 0 aliphatic carbocycles. The molecule has 2 saturated heterocycles. The van der Waals surface area contributed by atoms with Crippen LogP contribution in [-0.2, 0) is 27.7 Å². The van der Waals surface area contributed by atoms with Crippen LogP contribution in [-0.4, -0.2) is 44.4 Å². The Labute approximate surface area is 177 Å². The molecule has 0 saturated carbocycles. The Hall–Kier alpha value is -1.24. The van der Waals surface area contributed by atoms with Crippen LogP contribution >= 0.6 is 0 Å². The first-order valence-corrected chi connectivity index (χ1v) is 12.2. The molecule has 1 atom stereocenters. The standard InChI is InChI=1S/C23H35N3O2S/c1-17-7-11-25(12-8-17)29(27)19-5-6-21-20(15-19)24-22(23(2,3)4)26(21)16-18-9-13-28-14-10-18/h5-6,15,17-18H,7-14,16H2,1-4H3. The third-order valence-corrected chi connectivity index (χ3v) is 7.84. The molecule has 1 aromatic carbocycles. The zero-order valence-corrected chi connectivity index (χ0v) is 19.1. The Morgan fingerprint density at radius 1 is 1.14 bits per heavy atom. The number of nitrogens with zero attached hydrogens (tertiary/aromatic N) is 3. The van der Waals surface area contributed by atoms with Crippen molar-refractivity contribution in [1.29, 1.82) is 0 Å². The van der Waals surface area contributed by atoms with Gasteiger partial charge in [-0.3, -0.25) is 0 Å². The van der Waals surface area contributed by atoms with Crippen LogP contribution in [0.4, 0.5) is 0 Å². The van der Waals surface area contributed by atoms with E-state index in [-0.39, 0.29) is 5.41 Å². The van der Waals surface area contributed by atoms with E-state index in [4.69, 9.17) is 9.72 Å². The zero-order chi connectivity index (χ0) is 20.6. The Morgan fingerprint density at radius 2 is 1.83 bits per heavy atom. The van der Waals surface area contributed by atoms with Crippen molar-refractivity contribution < 1.29 is 8.95 Å². The number of fused-ring (bicyclic) bond motifs is 1. The number of hydrogen-bond acceptors (Lipinski definition) is 3. The number of benzene rings is 1. The minimum Gasteiger partial charge on any atom is -0.381 e. The van der Waals surface area contributed by atoms with Gasteiger partial charge in [-0.25, -0.2) is 13.5 Å². The second kappa shape index (κ2) is 8.48. The highest BCUT2D eigenvalue weighted by molar-refractivity contribution is 7.82. The predicted molar refractivity (Wildman–Crippen MR) is 118 cm³/mol. The fourth-order valence-corrected chi connectivity index (χ4v) is 5.70. The summed E-state index contributed by atoms with van der Waals surface area (Å²) >= 11 is 0. The van der Waals surface area contributed by atoms with Gasteiger partial charge in [-0.2, -0.15) is 0 Å². The molecule has 0 N–H and O–H groups in total. The molecule has 0 amide bonds. The van der Waals surface area contributed by atoms with Crippen LogP contribution in [0.3, 0.4) is 0 Å². The quantitative estimate of drug-likeness (QED) is 0.735. The molecule has 0 bridgehead atoms. The smallest absolute Gasteiger partial charge is 0.127 e. The molecule has 5 nitrogen and oxygen atoms in total. The summed E-state index contributed by atoms with van der Waals surface area (Å²) < 4.78 is 23.2. The van der Waals surface area contributed by atoms with Crippen molar-refractivity contribution in [2.45, 2.75) is 70.2 Å². The number of aromatic nitrogens is 2. The van der Waals surface area contributed by atoms with Gasteiger partial charge in [-0.1, -0.05) is 27.7 Å². The van der Waals surface area contributed by atoms with E-state index >= 15 is 0 Å². The molecule has 2 aliphatic rings. The molecular formula is C23H35N3O2S. The van der Waals surface area contributed by atoms with Crippen LogP contribution in [0.25, 0.3) is 11.0 Å². The highest BCUT2D eigenvalue weighted by Gasteiger charge is 2.27. The maximum Gasteiger partial charge on any atom is 0.127 e. The van der Waals surface area contributed by atoms with Crippen LogP contribution in [0.2, 0.25) is 0 Å². The maximum absolute atomic E-state index is 13.1. The van der Waals surface area contributed by atoms with Crippen molar-refractivity contribution in [2.75, 3.05) is 26.3 Å². The Kier molecular flexibility index (Phi) is 6.14. The van der Waals surface area contributed by atoms with E-state index in [0.29, 0.717) is 5.92 Å². The Balaban J connectivity index is 1.65. The van der Waals surface area contributed by atoms with Gasteiger partial charge in [0.25, 0.3) is 0 Å². The molecule has 0 spiro atoms. The zero-order valence-electron chi connectivity index (χ0n) is 18.3. The molecule has 2 aromatic rings. The van der Waals surface area contributed by atoms with E-state index in [0.717, 1.165) is 86.2 Å². The lowest BCUT2D eigenvalue weighted by molar-refractivity contribution is 0.0611. The molecular weight excluding hydrogens is 382 g/mol. The molecule has 4 rings (SSSR count). The number of hydrogen-bond donors (Lipinski definition) is 0. The summed E-state index contributed by atoms with van der Waals surface area (Å²) in [5.74, 6) is 2.49. The van der Waals surface area contributed by atoms with Gasteiger partial charge in [0, 0.05) is 38.3 Å². The lowest BCUT2D eigenvalue weighted by Gasteiger charge is -2.28. The average Bonchev–Trinajstić information content (AvgIpc) is 3.07. The highest BCUT2D eigenvalue weighted by Crippen LogP contribution is 2.31. The SMILES string of the molecule is CC1CCN(S(=O)c2ccc3c(c2)nc(C(C)(C)C)n3CC2CCOCC2)CC1. The van der Waals surface area contributed by atoms with E-state index in [2.05, 4.69) is 48.7 Å². The molecule has 160 valence electrons. The predicted octanol–water partition coefficient (Wildman–Crippen LogP) is 4.51. The van der Waals surface area contributed by atoms with Crippen molar-refractivity contribution in [2.24, 2.45) is 11.8 Å². The monoisotopic (exact) mass is 417 g/mol. The molecule has 2 fully saturated rings. The van der Waals surface area contributed by atoms with Crippen LogP contribution in [0.15, 0.2) is 23.1 Å². The molecule has 3 heterocycles. The van der Waals surface area contributed by atoms with Crippen molar-refractivity contribution in [1.82, 2.24) is 13.9 Å². The van der Waals surface area contributed by atoms with Gasteiger partial charge in [0.2, 0.25) is 0 Å². The number of imidazole rings is 1. The largest absolute Gasteiger partial charge is 0.381 e. The van der Waals surface area contributed by atoms with Crippen LogP contribution in [0, 0.1) is 11.8 Å². The van der Waals surface area contributed by atoms with Gasteiger partial charge in [0.15, 0.2) is 0 Å². The highest BCUT2D eigenvalue weighted by atomic mass is 32.2. The fraction of sp³-hybridized carbons (Fsp3) is 0.696. The summed E-state index contributed by atoms with van der Waals surface area (Å²) in [5.41, 5.74) is 2.10. The average molecular weight is 418 g/mol. The lowest BCUT2D eigenvalue weighted by atomic mass is 9.94. The van der Waals surface area contributed by atoms with Crippen molar-refractivity contribution in [3.63, 3.8) is 0 Å². The Bertz CT molecular complexity index is 872. The Morgan fingerprint density at radius 3 is 2.48 bits per heavy atom. The summed E-state index contributed by atoms with van der Waals surface area (Å²) in [5, 5.41) is 0. The van der Waals surface area contributed by atoms with Gasteiger partial charge < -0.3 is 9.30 Å². The van der Waals surface area contributed by atoms with Crippen LogP contribution < -0.4 is 0 Å². The first-order chi connectivity index (χ1) is 13.8. The van der Waals surface area contributed by atoms with Crippen molar-refractivity contribution >= 4 is 22.0 Å². The number of piperidine rings is 1. The topological polar surface area (TPSA) is 47.4 Å². The molecule has 0 radical (unpaired) electrons. The summed E-state index contributed by atoms with van der Waals surface area (Å²) in [7, 11) is -1.10. The van der Waals surface area contributed by atoms with Crippen LogP contribution in [0.5, 0.6) is 0 Å². The van der Waals surface area contributed by atoms with Crippen molar-refractivity contribution in [3.05, 3.63) is 24.0 Å². The fourth-order valence-electron chi connectivity index (χ4n) is 4.46. The molecule has 1 unspecified atom stereocenters. The molecule has 1 aromatic heterocycles. The number of ether oxygens (including phenoxy) is 1. The third kappa shape index (κ3) is 4.59. The normalized spacial score (nSPS) is 21.7. The summed E-state index contributed by atoms with van der Waals surface area (Å²) in [6.07, 6.45) is 4.47. The van der Waals surface area contributed by atoms with Gasteiger partial charge in [0.05, 0.1) is 15.9 Å². The van der Waals surface area contributed by atoms with E-state index in [1.807, 2.05) is 6.07 Å². The van der Waals surface area contributed by atoms with Gasteiger partial charge in [-0.05, 0) is 55.7 Å². The first kappa shape index (κ1) is 21.0. The van der Waals surface area contributed by atoms with Crippen molar-refractivity contribution in [3.8, 4) is 0 Å². The van der Waals surface area contributed by atoms with E-state index in [9.17, 15) is 4.21 Å². The number of rotatable bonds is 4. The van der Waals surface area contributed by atoms with Gasteiger partial charge >= 0.3 is 0 Å². The first-order valence-electron chi connectivity index (χ1n) is 11.1. The molecule has 29 heavy (non-hydrogen) atoms. The van der Waals surface area contributed by atoms with Gasteiger partial charge in [0.1, 0.15) is 16.8 Å². The summed E-state index contributed by atoms with van der Waals surface area (Å²) in [4.78, 5) is 5.91. The maximum atomic E-state index is 13.1. The minimum atomic E-state index is -1.10. The minimum absolute atomic E-state index is 0.0352. The molecule has 2 aliphatic heterocycles. The third-order valence-electron chi connectivity index (χ3n) is 6.35. The second-order valence-corrected chi connectivity index (χ2v) is 11.3. The summed E-state index contributed by atoms with van der Waals surface area (Å²) in [6, 6.07) is 6.24. The molecule has 6 heteroatoms. The van der Waals surface area contributed by atoms with Gasteiger partial charge in [-0.15, -0.1) is 0 Å². The lowest BCUT2D eigenvalue weighted by Crippen LogP contribution is -2.34.